The van der Waals surface area contributed by atoms with Crippen molar-refractivity contribution in [3.63, 3.8) is 0 Å². The molecule has 1 saturated carbocycles. The highest BCUT2D eigenvalue weighted by Crippen LogP contribution is 2.25. The zero-order valence-corrected chi connectivity index (χ0v) is 14.1. The van der Waals surface area contributed by atoms with Crippen LogP contribution in [0.15, 0.2) is 0 Å². The van der Waals surface area contributed by atoms with E-state index in [4.69, 9.17) is 9.47 Å². The maximum atomic E-state index is 5.98. The molecule has 1 aliphatic carbocycles. The van der Waals surface area contributed by atoms with Crippen LogP contribution in [0.3, 0.4) is 0 Å². The molecule has 1 fully saturated rings. The van der Waals surface area contributed by atoms with Gasteiger partial charge in [-0.1, -0.05) is 27.7 Å². The standard InChI is InChI=1S/C16H34N2O2/c1-7-19-15-9-14(18-12(5)6)16(20-8-2)10-13(15)17-11(3)4/h11-18H,7-10H2,1-6H3. The first-order valence-electron chi connectivity index (χ1n) is 8.23. The lowest BCUT2D eigenvalue weighted by Crippen LogP contribution is -2.58. The first-order chi connectivity index (χ1) is 9.47. The van der Waals surface area contributed by atoms with Gasteiger partial charge in [-0.2, -0.15) is 0 Å². The molecular formula is C16H34N2O2. The molecule has 0 aliphatic heterocycles. The van der Waals surface area contributed by atoms with Gasteiger partial charge in [0.15, 0.2) is 0 Å². The van der Waals surface area contributed by atoms with E-state index in [0.29, 0.717) is 24.2 Å². The summed E-state index contributed by atoms with van der Waals surface area (Å²) in [5.74, 6) is 0. The zero-order valence-electron chi connectivity index (χ0n) is 14.1. The quantitative estimate of drug-likeness (QED) is 0.719. The Kier molecular flexibility index (Phi) is 8.03. The lowest BCUT2D eigenvalue weighted by molar-refractivity contribution is -0.0642. The number of hydrogen-bond acceptors (Lipinski definition) is 4. The van der Waals surface area contributed by atoms with E-state index in [1.165, 1.54) is 0 Å². The highest BCUT2D eigenvalue weighted by atomic mass is 16.5. The van der Waals surface area contributed by atoms with Crippen LogP contribution < -0.4 is 10.6 Å². The maximum absolute atomic E-state index is 5.98. The van der Waals surface area contributed by atoms with E-state index >= 15 is 0 Å². The Morgan fingerprint density at radius 2 is 1.15 bits per heavy atom. The van der Waals surface area contributed by atoms with Crippen LogP contribution in [0.1, 0.15) is 54.4 Å². The van der Waals surface area contributed by atoms with Crippen LogP contribution in [0.5, 0.6) is 0 Å². The molecular weight excluding hydrogens is 252 g/mol. The van der Waals surface area contributed by atoms with Crippen molar-refractivity contribution in [1.29, 1.82) is 0 Å². The predicted octanol–water partition coefficient (Wildman–Crippen LogP) is 2.32. The minimum Gasteiger partial charge on any atom is -0.377 e. The Hall–Kier alpha value is -0.160. The van der Waals surface area contributed by atoms with E-state index in [1.54, 1.807) is 0 Å². The lowest BCUT2D eigenvalue weighted by Gasteiger charge is -2.43. The van der Waals surface area contributed by atoms with Crippen LogP contribution in [0.4, 0.5) is 0 Å². The monoisotopic (exact) mass is 286 g/mol. The molecule has 4 heteroatoms. The molecule has 0 aromatic heterocycles. The summed E-state index contributed by atoms with van der Waals surface area (Å²) in [6.07, 6.45) is 2.58. The molecule has 0 saturated heterocycles. The minimum absolute atomic E-state index is 0.273. The van der Waals surface area contributed by atoms with Crippen LogP contribution >= 0.6 is 0 Å². The predicted molar refractivity (Wildman–Crippen MR) is 84.2 cm³/mol. The lowest BCUT2D eigenvalue weighted by atomic mass is 9.85. The van der Waals surface area contributed by atoms with Crippen LogP contribution in [0, 0.1) is 0 Å². The van der Waals surface area contributed by atoms with Gasteiger partial charge >= 0.3 is 0 Å². The second-order valence-corrected chi connectivity index (χ2v) is 6.31. The summed E-state index contributed by atoms with van der Waals surface area (Å²) in [7, 11) is 0. The zero-order chi connectivity index (χ0) is 15.1. The molecule has 1 aliphatic rings. The Labute approximate surface area is 125 Å². The van der Waals surface area contributed by atoms with Gasteiger partial charge < -0.3 is 20.1 Å². The van der Waals surface area contributed by atoms with Crippen molar-refractivity contribution in [2.45, 2.75) is 90.8 Å². The average Bonchev–Trinajstić information content (AvgIpc) is 2.33. The second-order valence-electron chi connectivity index (χ2n) is 6.31. The highest BCUT2D eigenvalue weighted by Gasteiger charge is 2.38. The Morgan fingerprint density at radius 3 is 1.40 bits per heavy atom. The van der Waals surface area contributed by atoms with Gasteiger partial charge in [0.05, 0.1) is 12.2 Å². The summed E-state index contributed by atoms with van der Waals surface area (Å²) in [5.41, 5.74) is 0. The molecule has 4 atom stereocenters. The van der Waals surface area contributed by atoms with Gasteiger partial charge in [0.25, 0.3) is 0 Å². The number of ether oxygens (including phenoxy) is 2. The van der Waals surface area contributed by atoms with Crippen LogP contribution in [-0.2, 0) is 9.47 Å². The molecule has 0 radical (unpaired) electrons. The Bertz CT molecular complexity index is 233. The summed E-state index contributed by atoms with van der Waals surface area (Å²) in [4.78, 5) is 0. The van der Waals surface area contributed by atoms with Gasteiger partial charge in [-0.15, -0.1) is 0 Å². The molecule has 20 heavy (non-hydrogen) atoms. The summed E-state index contributed by atoms with van der Waals surface area (Å²) >= 11 is 0. The second kappa shape index (κ2) is 8.98. The van der Waals surface area contributed by atoms with Gasteiger partial charge in [0.2, 0.25) is 0 Å². The van der Waals surface area contributed by atoms with E-state index in [-0.39, 0.29) is 12.2 Å². The van der Waals surface area contributed by atoms with Crippen molar-refractivity contribution >= 4 is 0 Å². The fourth-order valence-corrected chi connectivity index (χ4v) is 3.14. The topological polar surface area (TPSA) is 42.5 Å². The molecule has 0 aromatic carbocycles. The Morgan fingerprint density at radius 1 is 0.800 bits per heavy atom. The van der Waals surface area contributed by atoms with Crippen molar-refractivity contribution in [3.8, 4) is 0 Å². The summed E-state index contributed by atoms with van der Waals surface area (Å²) in [5, 5.41) is 7.29. The van der Waals surface area contributed by atoms with Crippen molar-refractivity contribution in [3.05, 3.63) is 0 Å². The molecule has 0 bridgehead atoms. The summed E-state index contributed by atoms with van der Waals surface area (Å²) in [6, 6.07) is 1.72. The molecule has 4 nitrogen and oxygen atoms in total. The van der Waals surface area contributed by atoms with Gasteiger partial charge in [-0.25, -0.2) is 0 Å². The van der Waals surface area contributed by atoms with E-state index in [1.807, 2.05) is 0 Å². The fourth-order valence-electron chi connectivity index (χ4n) is 3.14. The molecule has 0 aromatic rings. The minimum atomic E-state index is 0.273. The smallest absolute Gasteiger partial charge is 0.0744 e. The van der Waals surface area contributed by atoms with Crippen molar-refractivity contribution < 1.29 is 9.47 Å². The van der Waals surface area contributed by atoms with Crippen molar-refractivity contribution in [1.82, 2.24) is 10.6 Å². The summed E-state index contributed by atoms with van der Waals surface area (Å²) < 4.78 is 12.0. The molecule has 0 amide bonds. The van der Waals surface area contributed by atoms with E-state index in [0.717, 1.165) is 26.1 Å². The summed E-state index contributed by atoms with van der Waals surface area (Å²) in [6.45, 7) is 14.5. The van der Waals surface area contributed by atoms with Gasteiger partial charge in [0, 0.05) is 37.4 Å². The van der Waals surface area contributed by atoms with E-state index in [9.17, 15) is 0 Å². The van der Waals surface area contributed by atoms with Crippen LogP contribution in [0.2, 0.25) is 0 Å². The van der Waals surface area contributed by atoms with Crippen LogP contribution in [-0.4, -0.2) is 49.6 Å². The number of rotatable bonds is 8. The van der Waals surface area contributed by atoms with Gasteiger partial charge in [-0.05, 0) is 26.7 Å². The number of hydrogen-bond donors (Lipinski definition) is 2. The molecule has 4 unspecified atom stereocenters. The third-order valence-electron chi connectivity index (χ3n) is 3.73. The fraction of sp³-hybridized carbons (Fsp3) is 1.00. The van der Waals surface area contributed by atoms with Crippen molar-refractivity contribution in [2.75, 3.05) is 13.2 Å². The molecule has 0 spiro atoms. The van der Waals surface area contributed by atoms with Gasteiger partial charge in [-0.3, -0.25) is 0 Å². The number of nitrogens with one attached hydrogen (secondary N) is 2. The highest BCUT2D eigenvalue weighted by molar-refractivity contribution is 4.96. The molecule has 120 valence electrons. The third-order valence-corrected chi connectivity index (χ3v) is 3.73. The van der Waals surface area contributed by atoms with Gasteiger partial charge in [0.1, 0.15) is 0 Å². The largest absolute Gasteiger partial charge is 0.377 e. The van der Waals surface area contributed by atoms with Crippen molar-refractivity contribution in [2.24, 2.45) is 0 Å². The molecule has 1 rings (SSSR count). The first kappa shape index (κ1) is 17.9. The Balaban J connectivity index is 2.73. The first-order valence-corrected chi connectivity index (χ1v) is 8.23. The third kappa shape index (κ3) is 5.68. The normalized spacial score (nSPS) is 31.2. The molecule has 0 heterocycles. The SMILES string of the molecule is CCOC1CC(NC(C)C)C(OCC)CC1NC(C)C. The molecule has 2 N–H and O–H groups in total. The maximum Gasteiger partial charge on any atom is 0.0744 e. The van der Waals surface area contributed by atoms with E-state index in [2.05, 4.69) is 52.2 Å². The van der Waals surface area contributed by atoms with E-state index < -0.39 is 0 Å². The van der Waals surface area contributed by atoms with Crippen LogP contribution in [0.25, 0.3) is 0 Å². The average molecular weight is 286 g/mol.